The number of rotatable bonds is 4. The molecule has 5 nitrogen and oxygen atoms in total. The normalized spacial score (nSPS) is 9.93. The van der Waals surface area contributed by atoms with Crippen LogP contribution >= 0.6 is 0 Å². The molecule has 132 valence electrons. The number of para-hydroxylation sites is 1. The highest BCUT2D eigenvalue weighted by atomic mass is 16.2. The summed E-state index contributed by atoms with van der Waals surface area (Å²) in [7, 11) is 0. The van der Waals surface area contributed by atoms with Crippen molar-refractivity contribution in [2.24, 2.45) is 0 Å². The van der Waals surface area contributed by atoms with Crippen LogP contribution in [0, 0.1) is 18.3 Å². The molecule has 0 unspecified atom stereocenters. The molecule has 0 saturated carbocycles. The molecule has 2 amide bonds. The highest BCUT2D eigenvalue weighted by molar-refractivity contribution is 6.12. The van der Waals surface area contributed by atoms with Gasteiger partial charge in [0.05, 0.1) is 22.9 Å². The monoisotopic (exact) mass is 355 g/mol. The van der Waals surface area contributed by atoms with Gasteiger partial charge in [-0.1, -0.05) is 35.9 Å². The number of aryl methyl sites for hydroxylation is 1. The fraction of sp³-hybridized carbons (Fsp3) is 0.0455. The first-order valence-electron chi connectivity index (χ1n) is 8.35. The Morgan fingerprint density at radius 2 is 1.63 bits per heavy atom. The van der Waals surface area contributed by atoms with Crippen LogP contribution < -0.4 is 10.6 Å². The van der Waals surface area contributed by atoms with Crippen LogP contribution in [-0.4, -0.2) is 11.8 Å². The molecule has 0 spiro atoms. The lowest BCUT2D eigenvalue weighted by molar-refractivity contribution is 0.102. The topological polar surface area (TPSA) is 82.0 Å². The Bertz CT molecular complexity index is 1050. The lowest BCUT2D eigenvalue weighted by atomic mass is 10.1. The van der Waals surface area contributed by atoms with Crippen molar-refractivity contribution in [3.63, 3.8) is 0 Å². The second kappa shape index (κ2) is 7.98. The van der Waals surface area contributed by atoms with Gasteiger partial charge >= 0.3 is 0 Å². The lowest BCUT2D eigenvalue weighted by Crippen LogP contribution is -2.18. The second-order valence-electron chi connectivity index (χ2n) is 6.02. The van der Waals surface area contributed by atoms with Crippen LogP contribution in [0.3, 0.4) is 0 Å². The summed E-state index contributed by atoms with van der Waals surface area (Å²) in [5.74, 6) is -0.657. The van der Waals surface area contributed by atoms with E-state index in [0.29, 0.717) is 28.1 Å². The molecule has 2 N–H and O–H groups in total. The molecule has 27 heavy (non-hydrogen) atoms. The molecule has 0 fully saturated rings. The molecule has 0 aliphatic carbocycles. The van der Waals surface area contributed by atoms with Crippen molar-refractivity contribution in [1.82, 2.24) is 0 Å². The number of benzene rings is 3. The van der Waals surface area contributed by atoms with Gasteiger partial charge in [0.15, 0.2) is 0 Å². The van der Waals surface area contributed by atoms with Gasteiger partial charge in [0.2, 0.25) is 0 Å². The maximum Gasteiger partial charge on any atom is 0.257 e. The standard InChI is InChI=1S/C22H17N3O2/c1-15-6-4-8-17(12-15)21(26)25-20-11-3-2-10-19(20)22(27)24-18-9-5-7-16(13-18)14-23/h2-13H,1H3,(H,24,27)(H,25,26). The van der Waals surface area contributed by atoms with Crippen molar-refractivity contribution < 1.29 is 9.59 Å². The van der Waals surface area contributed by atoms with Gasteiger partial charge in [-0.25, -0.2) is 0 Å². The van der Waals surface area contributed by atoms with Crippen molar-refractivity contribution in [2.45, 2.75) is 6.92 Å². The maximum atomic E-state index is 12.7. The van der Waals surface area contributed by atoms with Crippen molar-refractivity contribution in [3.8, 4) is 6.07 Å². The van der Waals surface area contributed by atoms with E-state index in [2.05, 4.69) is 10.6 Å². The van der Waals surface area contributed by atoms with Gasteiger partial charge in [-0.2, -0.15) is 5.26 Å². The van der Waals surface area contributed by atoms with Gasteiger partial charge in [0.25, 0.3) is 11.8 Å². The summed E-state index contributed by atoms with van der Waals surface area (Å²) in [5.41, 5.74) is 3.21. The first-order valence-corrected chi connectivity index (χ1v) is 8.35. The minimum atomic E-state index is -0.370. The predicted octanol–water partition coefficient (Wildman–Crippen LogP) is 4.37. The fourth-order valence-electron chi connectivity index (χ4n) is 2.64. The van der Waals surface area contributed by atoms with Gasteiger partial charge in [0, 0.05) is 11.3 Å². The van der Waals surface area contributed by atoms with Gasteiger partial charge < -0.3 is 10.6 Å². The van der Waals surface area contributed by atoms with Crippen LogP contribution in [0.4, 0.5) is 11.4 Å². The Kier molecular flexibility index (Phi) is 5.29. The third-order valence-electron chi connectivity index (χ3n) is 3.95. The summed E-state index contributed by atoms with van der Waals surface area (Å²) in [6.45, 7) is 1.91. The molecule has 0 aliphatic heterocycles. The Labute approximate surface area is 157 Å². The number of nitrogens with zero attached hydrogens (tertiary/aromatic N) is 1. The number of nitriles is 1. The van der Waals surface area contributed by atoms with Gasteiger partial charge in [0.1, 0.15) is 0 Å². The van der Waals surface area contributed by atoms with Crippen LogP contribution in [0.5, 0.6) is 0 Å². The smallest absolute Gasteiger partial charge is 0.257 e. The summed E-state index contributed by atoms with van der Waals surface area (Å²) >= 11 is 0. The van der Waals surface area contributed by atoms with Crippen LogP contribution in [-0.2, 0) is 0 Å². The van der Waals surface area contributed by atoms with E-state index < -0.39 is 0 Å². The number of carbonyl (C=O) groups excluding carboxylic acids is 2. The van der Waals surface area contributed by atoms with Gasteiger partial charge in [-0.15, -0.1) is 0 Å². The molecular formula is C22H17N3O2. The SMILES string of the molecule is Cc1cccc(C(=O)Nc2ccccc2C(=O)Nc2cccc(C#N)c2)c1. The highest BCUT2D eigenvalue weighted by Crippen LogP contribution is 2.19. The van der Waals surface area contributed by atoms with Crippen molar-refractivity contribution in [2.75, 3.05) is 10.6 Å². The average Bonchev–Trinajstić information content (AvgIpc) is 2.68. The van der Waals surface area contributed by atoms with E-state index in [-0.39, 0.29) is 11.8 Å². The number of nitrogens with one attached hydrogen (secondary N) is 2. The zero-order valence-corrected chi connectivity index (χ0v) is 14.7. The second-order valence-corrected chi connectivity index (χ2v) is 6.02. The Hall–Kier alpha value is -3.91. The first-order chi connectivity index (χ1) is 13.1. The molecule has 0 saturated heterocycles. The number of amides is 2. The molecule has 0 atom stereocenters. The fourth-order valence-corrected chi connectivity index (χ4v) is 2.64. The average molecular weight is 355 g/mol. The third-order valence-corrected chi connectivity index (χ3v) is 3.95. The van der Waals surface area contributed by atoms with E-state index in [4.69, 9.17) is 5.26 Å². The summed E-state index contributed by atoms with van der Waals surface area (Å²) in [4.78, 5) is 25.2. The molecule has 5 heteroatoms. The quantitative estimate of drug-likeness (QED) is 0.729. The van der Waals surface area contributed by atoms with Crippen LogP contribution in [0.2, 0.25) is 0 Å². The number of carbonyl (C=O) groups is 2. The molecule has 3 rings (SSSR count). The predicted molar refractivity (Wildman–Crippen MR) is 105 cm³/mol. The van der Waals surface area contributed by atoms with E-state index in [1.54, 1.807) is 60.7 Å². The van der Waals surface area contributed by atoms with Crippen molar-refractivity contribution >= 4 is 23.2 Å². The molecule has 0 bridgehead atoms. The summed E-state index contributed by atoms with van der Waals surface area (Å²) in [6.07, 6.45) is 0. The molecule has 0 aliphatic rings. The van der Waals surface area contributed by atoms with Crippen molar-refractivity contribution in [1.29, 1.82) is 5.26 Å². The largest absolute Gasteiger partial charge is 0.322 e. The Morgan fingerprint density at radius 1 is 0.852 bits per heavy atom. The highest BCUT2D eigenvalue weighted by Gasteiger charge is 2.14. The van der Waals surface area contributed by atoms with Crippen LogP contribution in [0.25, 0.3) is 0 Å². The molecule has 0 aromatic heterocycles. The minimum absolute atomic E-state index is 0.287. The Morgan fingerprint density at radius 3 is 2.41 bits per heavy atom. The molecule has 0 radical (unpaired) electrons. The minimum Gasteiger partial charge on any atom is -0.322 e. The third kappa shape index (κ3) is 4.39. The van der Waals surface area contributed by atoms with E-state index in [9.17, 15) is 9.59 Å². The van der Waals surface area contributed by atoms with Gasteiger partial charge in [-0.3, -0.25) is 9.59 Å². The maximum absolute atomic E-state index is 12.7. The lowest BCUT2D eigenvalue weighted by Gasteiger charge is -2.12. The summed E-state index contributed by atoms with van der Waals surface area (Å²) in [5, 5.41) is 14.5. The molecule has 3 aromatic carbocycles. The zero-order valence-electron chi connectivity index (χ0n) is 14.7. The van der Waals surface area contributed by atoms with E-state index in [1.165, 1.54) is 0 Å². The van der Waals surface area contributed by atoms with Gasteiger partial charge in [-0.05, 0) is 49.4 Å². The molecule has 3 aromatic rings. The summed E-state index contributed by atoms with van der Waals surface area (Å²) < 4.78 is 0. The van der Waals surface area contributed by atoms with Crippen molar-refractivity contribution in [3.05, 3.63) is 95.1 Å². The first kappa shape index (κ1) is 17.9. The zero-order chi connectivity index (χ0) is 19.2. The number of hydrogen-bond donors (Lipinski definition) is 2. The van der Waals surface area contributed by atoms with E-state index in [1.807, 2.05) is 25.1 Å². The Balaban J connectivity index is 1.82. The van der Waals surface area contributed by atoms with E-state index in [0.717, 1.165) is 5.56 Å². The van der Waals surface area contributed by atoms with Crippen LogP contribution in [0.1, 0.15) is 31.8 Å². The number of hydrogen-bond acceptors (Lipinski definition) is 3. The molecule has 0 heterocycles. The number of anilines is 2. The summed E-state index contributed by atoms with van der Waals surface area (Å²) in [6, 6.07) is 22.7. The molecular weight excluding hydrogens is 338 g/mol. The van der Waals surface area contributed by atoms with E-state index >= 15 is 0 Å². The van der Waals surface area contributed by atoms with Crippen LogP contribution in [0.15, 0.2) is 72.8 Å².